The van der Waals surface area contributed by atoms with Crippen LogP contribution < -0.4 is 47.4 Å². The van der Waals surface area contributed by atoms with Crippen molar-refractivity contribution in [2.45, 2.75) is 85.5 Å². The molecule has 14 rings (SSSR count). The van der Waals surface area contributed by atoms with Crippen molar-refractivity contribution in [3.8, 4) is 65.5 Å². The molecule has 0 spiro atoms. The Kier molecular flexibility index (Phi) is 21.8. The van der Waals surface area contributed by atoms with Crippen molar-refractivity contribution in [1.29, 1.82) is 0 Å². The van der Waals surface area contributed by atoms with E-state index < -0.39 is 17.7 Å². The number of rotatable bonds is 12. The van der Waals surface area contributed by atoms with Crippen LogP contribution in [0, 0.1) is 18.6 Å². The first-order valence-electron chi connectivity index (χ1n) is 33.4. The minimum Gasteiger partial charge on any atom is -0.368 e. The molecule has 106 heavy (non-hydrogen) atoms. The van der Waals surface area contributed by atoms with Crippen LogP contribution in [0.15, 0.2) is 164 Å². The van der Waals surface area contributed by atoms with Crippen LogP contribution >= 0.6 is 68.8 Å². The van der Waals surface area contributed by atoms with Crippen molar-refractivity contribution < 1.29 is 23.2 Å². The Hall–Kier alpha value is -10.6. The van der Waals surface area contributed by atoms with E-state index in [2.05, 4.69) is 82.1 Å². The highest BCUT2D eigenvalue weighted by molar-refractivity contribution is 7.16. The Morgan fingerprint density at radius 2 is 0.896 bits per heavy atom. The number of amides is 6. The lowest BCUT2D eigenvalue weighted by molar-refractivity contribution is 0.255. The van der Waals surface area contributed by atoms with Gasteiger partial charge in [-0.1, -0.05) is 151 Å². The van der Waals surface area contributed by atoms with Gasteiger partial charge in [0.15, 0.2) is 5.82 Å². The van der Waals surface area contributed by atoms with E-state index in [1.54, 1.807) is 115 Å². The number of aromatic nitrogens is 9. The van der Waals surface area contributed by atoms with E-state index in [1.165, 1.54) is 35.6 Å². The molecule has 0 radical (unpaired) electrons. The molecule has 21 nitrogen and oxygen atoms in total. The van der Waals surface area contributed by atoms with E-state index in [0.29, 0.717) is 86.5 Å². The molecule has 6 amide bonds. The van der Waals surface area contributed by atoms with Crippen LogP contribution in [0.4, 0.5) is 75.1 Å². The van der Waals surface area contributed by atoms with Gasteiger partial charge < -0.3 is 27.8 Å². The molecule has 0 saturated carbocycles. The Balaban J connectivity index is 0.000000149. The fraction of sp³-hybridized carbons (Fsp3) is 0.221. The largest absolute Gasteiger partial charge is 0.368 e. The number of nitrogens with two attached hydrogens (primary N) is 3. The minimum atomic E-state index is -0.561. The number of anilines is 9. The molecule has 12 aromatic rings. The number of nitrogens with zero attached hydrogens (tertiary/aromatic N) is 13. The fourth-order valence-electron chi connectivity index (χ4n) is 11.3. The van der Waals surface area contributed by atoms with Crippen molar-refractivity contribution in [3.63, 3.8) is 0 Å². The van der Waals surface area contributed by atoms with E-state index in [0.717, 1.165) is 64.2 Å². The van der Waals surface area contributed by atoms with E-state index in [-0.39, 0.29) is 56.9 Å². The number of carbonyl (C=O) groups excluding carboxylic acids is 3. The van der Waals surface area contributed by atoms with Crippen LogP contribution in [0.25, 0.3) is 65.5 Å². The molecule has 2 saturated heterocycles. The number of aryl methyl sites for hydroxylation is 1. The molecule has 6 aromatic heterocycles. The summed E-state index contributed by atoms with van der Waals surface area (Å²) in [4.78, 5) is 88.1. The van der Waals surface area contributed by atoms with Gasteiger partial charge in [-0.3, -0.25) is 19.6 Å². The summed E-state index contributed by atoms with van der Waals surface area (Å²) in [5.41, 5.74) is 27.4. The fourth-order valence-corrected chi connectivity index (χ4v) is 15.2. The van der Waals surface area contributed by atoms with Crippen molar-refractivity contribution in [2.75, 3.05) is 73.6 Å². The van der Waals surface area contributed by atoms with Crippen LogP contribution in [0.5, 0.6) is 0 Å². The van der Waals surface area contributed by atoms with E-state index >= 15 is 4.39 Å². The summed E-state index contributed by atoms with van der Waals surface area (Å²) in [6.45, 7) is 22.8. The molecule has 0 bridgehead atoms. The van der Waals surface area contributed by atoms with Gasteiger partial charge in [-0.2, -0.15) is 0 Å². The van der Waals surface area contributed by atoms with Crippen LogP contribution in [0.3, 0.4) is 0 Å². The lowest BCUT2D eigenvalue weighted by atomic mass is 9.98. The molecule has 542 valence electrons. The molecule has 0 unspecified atom stereocenters. The standard InChI is InChI=1S/C26H24Cl2N6OS.C26H24ClFN6OS.C25H25FN6OS/c1-26(2,3)23-32-21(20-9-10-30-24(29)31-20)22(36-23)15-5-4-6-16(13-15)33-11-12-34(25(33)35)17-7-8-18(27)19(28)14-17;1-26(2,3)23-32-21(19-9-10-30-24(29)31-19)22(36-23)15-5-4-6-17(13-15)33-11-12-34(25(33)35)20-8-7-16(28)14-18(20)27;1-14-8-10-15(11-9-14)29-24(33)31-17-7-5-6-16(19(17)26)21-20(18-12-13-28-23(27)30-18)32-22(34-21)25(2,3)4/h2*4-10,13-14H,11-12H2,1-3H3,(H2,29,30,31);5-13H,1-4H3,(H2,27,28,30)(H2,29,31,33). The Morgan fingerprint density at radius 1 is 0.462 bits per heavy atom. The van der Waals surface area contributed by atoms with Crippen molar-refractivity contribution in [2.24, 2.45) is 0 Å². The third kappa shape index (κ3) is 16.9. The van der Waals surface area contributed by atoms with E-state index in [4.69, 9.17) is 67.0 Å². The summed E-state index contributed by atoms with van der Waals surface area (Å²) in [5.74, 6) is -0.519. The van der Waals surface area contributed by atoms with Gasteiger partial charge in [-0.15, -0.1) is 34.0 Å². The lowest BCUT2D eigenvalue weighted by Gasteiger charge is -2.20. The third-order valence-corrected chi connectivity index (χ3v) is 22.2. The van der Waals surface area contributed by atoms with Gasteiger partial charge in [-0.25, -0.2) is 68.0 Å². The number of halogens is 5. The zero-order valence-electron chi connectivity index (χ0n) is 59.3. The maximum atomic E-state index is 15.7. The predicted molar refractivity (Wildman–Crippen MR) is 427 cm³/mol. The second kappa shape index (κ2) is 30.8. The first-order chi connectivity index (χ1) is 50.3. The van der Waals surface area contributed by atoms with Crippen LogP contribution in [-0.2, 0) is 16.2 Å². The molecule has 2 aliphatic rings. The Morgan fingerprint density at radius 3 is 1.35 bits per heavy atom. The molecule has 29 heteroatoms. The zero-order valence-corrected chi connectivity index (χ0v) is 64.0. The number of carbonyl (C=O) groups is 3. The normalized spacial score (nSPS) is 13.2. The topological polar surface area (TPSA) is 282 Å². The molecule has 8 N–H and O–H groups in total. The number of hydrogen-bond donors (Lipinski definition) is 5. The molecule has 2 aliphatic heterocycles. The summed E-state index contributed by atoms with van der Waals surface area (Å²) < 4.78 is 29.2. The summed E-state index contributed by atoms with van der Waals surface area (Å²) >= 11 is 23.1. The van der Waals surface area contributed by atoms with Gasteiger partial charge >= 0.3 is 18.1 Å². The third-order valence-electron chi connectivity index (χ3n) is 16.6. The predicted octanol–water partition coefficient (Wildman–Crippen LogP) is 19.5. The molecule has 0 aliphatic carbocycles. The quantitative estimate of drug-likeness (QED) is 0.0760. The number of nitrogens with one attached hydrogen (secondary N) is 2. The molecule has 8 heterocycles. The lowest BCUT2D eigenvalue weighted by Crippen LogP contribution is -2.31. The first kappa shape index (κ1) is 75.1. The highest BCUT2D eigenvalue weighted by Gasteiger charge is 2.35. The van der Waals surface area contributed by atoms with Gasteiger partial charge in [0, 0.05) is 89.3 Å². The van der Waals surface area contributed by atoms with Gasteiger partial charge in [-0.05, 0) is 115 Å². The Labute approximate surface area is 638 Å². The first-order valence-corrected chi connectivity index (χ1v) is 37.0. The van der Waals surface area contributed by atoms with Crippen molar-refractivity contribution in [3.05, 3.63) is 211 Å². The zero-order chi connectivity index (χ0) is 75.7. The average Bonchev–Trinajstić information content (AvgIpc) is 1.63. The monoisotopic (exact) mass is 1540 g/mol. The van der Waals surface area contributed by atoms with Gasteiger partial charge in [0.25, 0.3) is 0 Å². The molecule has 2 fully saturated rings. The number of benzene rings is 6. The van der Waals surface area contributed by atoms with Crippen molar-refractivity contribution in [1.82, 2.24) is 44.9 Å². The van der Waals surface area contributed by atoms with Crippen LogP contribution in [0.2, 0.25) is 15.1 Å². The molecule has 6 aromatic carbocycles. The molecular weight excluding hydrogens is 1470 g/mol. The number of nitrogen functional groups attached to an aromatic ring is 3. The average molecular weight is 1540 g/mol. The minimum absolute atomic E-state index is 0.0565. The van der Waals surface area contributed by atoms with E-state index in [9.17, 15) is 18.8 Å². The summed E-state index contributed by atoms with van der Waals surface area (Å²) in [5, 5.41) is 9.16. The Bertz CT molecular complexity index is 5310. The van der Waals surface area contributed by atoms with Gasteiger partial charge in [0.05, 0.1) is 73.2 Å². The molecular formula is C77H73Cl3F2N18O3S3. The summed E-state index contributed by atoms with van der Waals surface area (Å²) in [6, 6.07) is 41.6. The van der Waals surface area contributed by atoms with Crippen molar-refractivity contribution >= 4 is 139 Å². The highest BCUT2D eigenvalue weighted by Crippen LogP contribution is 2.46. The number of thiazole rings is 3. The van der Waals surface area contributed by atoms with Gasteiger partial charge in [0.2, 0.25) is 17.8 Å². The maximum absolute atomic E-state index is 15.7. The number of urea groups is 3. The highest BCUT2D eigenvalue weighted by atomic mass is 35.5. The second-order valence-corrected chi connectivity index (χ2v) is 32.0. The van der Waals surface area contributed by atoms with Gasteiger partial charge in [0.1, 0.15) is 22.9 Å². The van der Waals surface area contributed by atoms with Crippen LogP contribution in [-0.4, -0.2) is 89.1 Å². The second-order valence-electron chi connectivity index (χ2n) is 27.8. The van der Waals surface area contributed by atoms with Crippen LogP contribution in [0.1, 0.15) is 82.9 Å². The summed E-state index contributed by atoms with van der Waals surface area (Å²) in [7, 11) is 0. The maximum Gasteiger partial charge on any atom is 0.329 e. The number of hydrogen-bond acceptors (Lipinski definition) is 18. The summed E-state index contributed by atoms with van der Waals surface area (Å²) in [6.07, 6.45) is 4.79. The van der Waals surface area contributed by atoms with E-state index in [1.807, 2.05) is 94.4 Å². The smallest absolute Gasteiger partial charge is 0.329 e. The SMILES string of the molecule is CC(C)(C)c1nc(-c2ccnc(N)n2)c(-c2cccc(N3CCN(c4ccc(Cl)c(Cl)c4)C3=O)c2)s1.CC(C)(C)c1nc(-c2ccnc(N)n2)c(-c2cccc(N3CCN(c4ccc(F)cc4Cl)C3=O)c2)s1.Cc1ccc(NC(=O)Nc2cccc(-c3sc(C(C)(C)C)nc3-c3ccnc(N)n3)c2F)cc1. The molecule has 0 atom stereocenters.